The lowest BCUT2D eigenvalue weighted by Gasteiger charge is -2.32. The van der Waals surface area contributed by atoms with Gasteiger partial charge in [0.05, 0.1) is 11.1 Å². The number of para-hydroxylation sites is 1. The highest BCUT2D eigenvalue weighted by Crippen LogP contribution is 2.28. The maximum Gasteiger partial charge on any atom is 0.330 e. The first kappa shape index (κ1) is 25.1. The van der Waals surface area contributed by atoms with E-state index in [-0.39, 0.29) is 28.9 Å². The van der Waals surface area contributed by atoms with Crippen LogP contribution in [0.4, 0.5) is 5.69 Å². The van der Waals surface area contributed by atoms with Crippen LogP contribution in [0.25, 0.3) is 0 Å². The molecule has 9 nitrogen and oxygen atoms in total. The maximum atomic E-state index is 12.9. The Morgan fingerprint density at radius 3 is 2.03 bits per heavy atom. The summed E-state index contributed by atoms with van der Waals surface area (Å²) in [7, 11) is 0. The molecule has 2 aromatic rings. The lowest BCUT2D eigenvalue weighted by Crippen LogP contribution is -2.49. The number of anilines is 1. The molecule has 1 fully saturated rings. The number of amides is 4. The van der Waals surface area contributed by atoms with E-state index < -0.39 is 36.4 Å². The second-order valence-corrected chi connectivity index (χ2v) is 9.33. The van der Waals surface area contributed by atoms with E-state index in [1.54, 1.807) is 43.0 Å². The zero-order chi connectivity index (χ0) is 25.8. The summed E-state index contributed by atoms with van der Waals surface area (Å²) in [5.74, 6) is -2.98. The number of hydrogen-bond donors (Lipinski definition) is 1. The molecule has 0 radical (unpaired) electrons. The zero-order valence-corrected chi connectivity index (χ0v) is 20.3. The van der Waals surface area contributed by atoms with Gasteiger partial charge in [-0.3, -0.25) is 24.1 Å². The summed E-state index contributed by atoms with van der Waals surface area (Å²) in [6, 6.07) is 14.5. The minimum atomic E-state index is -1.14. The van der Waals surface area contributed by atoms with Gasteiger partial charge in [0.25, 0.3) is 17.7 Å². The Morgan fingerprint density at radius 2 is 1.47 bits per heavy atom. The predicted molar refractivity (Wildman–Crippen MR) is 131 cm³/mol. The standard InChI is InChI=1S/C27H29N3O6/c1-17(2)23(30-25(33)20-10-6-7-11-21(20)26(30)34)27(35)36-16-22(31)29-14-12-18(13-15-29)24(32)28-19-8-4-3-5-9-19/h3-11,17-18,23H,12-16H2,1-2H3,(H,28,32)/t23-/m0/s1. The molecule has 0 aromatic heterocycles. The van der Waals surface area contributed by atoms with Crippen molar-refractivity contribution in [2.75, 3.05) is 25.0 Å². The largest absolute Gasteiger partial charge is 0.454 e. The Bertz CT molecular complexity index is 1140. The number of nitrogens with zero attached hydrogens (tertiary/aromatic N) is 2. The molecule has 1 atom stereocenters. The third-order valence-electron chi connectivity index (χ3n) is 6.57. The molecule has 2 heterocycles. The summed E-state index contributed by atoms with van der Waals surface area (Å²) in [5, 5.41) is 2.89. The van der Waals surface area contributed by atoms with Gasteiger partial charge in [0.1, 0.15) is 6.04 Å². The predicted octanol–water partition coefficient (Wildman–Crippen LogP) is 2.73. The average molecular weight is 492 g/mol. The monoisotopic (exact) mass is 491 g/mol. The topological polar surface area (TPSA) is 113 Å². The van der Waals surface area contributed by atoms with Crippen molar-refractivity contribution in [1.82, 2.24) is 9.80 Å². The number of imide groups is 1. The second kappa shape index (κ2) is 10.7. The van der Waals surface area contributed by atoms with Crippen molar-refractivity contribution in [3.05, 3.63) is 65.7 Å². The van der Waals surface area contributed by atoms with Gasteiger partial charge in [-0.25, -0.2) is 4.79 Å². The lowest BCUT2D eigenvalue weighted by atomic mass is 9.95. The fourth-order valence-corrected chi connectivity index (χ4v) is 4.60. The van der Waals surface area contributed by atoms with Crippen LogP contribution in [0.1, 0.15) is 47.4 Å². The number of likely N-dealkylation sites (tertiary alicyclic amines) is 1. The minimum Gasteiger partial charge on any atom is -0.454 e. The number of rotatable bonds is 7. The highest BCUT2D eigenvalue weighted by atomic mass is 16.5. The van der Waals surface area contributed by atoms with Crippen LogP contribution in [0.5, 0.6) is 0 Å². The SMILES string of the molecule is CC(C)[C@@H](C(=O)OCC(=O)N1CCC(C(=O)Nc2ccccc2)CC1)N1C(=O)c2ccccc2C1=O. The molecule has 1 saturated heterocycles. The first-order valence-corrected chi connectivity index (χ1v) is 12.0. The van der Waals surface area contributed by atoms with E-state index in [2.05, 4.69) is 5.32 Å². The molecule has 4 rings (SSSR count). The number of hydrogen-bond acceptors (Lipinski definition) is 6. The smallest absolute Gasteiger partial charge is 0.330 e. The first-order valence-electron chi connectivity index (χ1n) is 12.0. The van der Waals surface area contributed by atoms with Crippen LogP contribution in [-0.2, 0) is 19.1 Å². The molecular formula is C27H29N3O6. The lowest BCUT2D eigenvalue weighted by molar-refractivity contribution is -0.157. The highest BCUT2D eigenvalue weighted by molar-refractivity contribution is 6.22. The molecule has 0 unspecified atom stereocenters. The van der Waals surface area contributed by atoms with Crippen LogP contribution in [0.3, 0.4) is 0 Å². The van der Waals surface area contributed by atoms with Gasteiger partial charge in [0.2, 0.25) is 5.91 Å². The van der Waals surface area contributed by atoms with Crippen molar-refractivity contribution in [2.24, 2.45) is 11.8 Å². The van der Waals surface area contributed by atoms with Crippen molar-refractivity contribution in [1.29, 1.82) is 0 Å². The normalized spacial score (nSPS) is 16.6. The van der Waals surface area contributed by atoms with Crippen LogP contribution < -0.4 is 5.32 Å². The van der Waals surface area contributed by atoms with Gasteiger partial charge >= 0.3 is 5.97 Å². The third-order valence-corrected chi connectivity index (χ3v) is 6.57. The summed E-state index contributed by atoms with van der Waals surface area (Å²) in [4.78, 5) is 66.3. The summed E-state index contributed by atoms with van der Waals surface area (Å²) in [5.41, 5.74) is 1.22. The number of benzene rings is 2. The Labute approximate surface area is 209 Å². The van der Waals surface area contributed by atoms with Gasteiger partial charge in [-0.05, 0) is 43.0 Å². The third kappa shape index (κ3) is 5.15. The van der Waals surface area contributed by atoms with Crippen molar-refractivity contribution in [2.45, 2.75) is 32.7 Å². The van der Waals surface area contributed by atoms with E-state index in [1.165, 1.54) is 0 Å². The van der Waals surface area contributed by atoms with E-state index in [4.69, 9.17) is 4.74 Å². The quantitative estimate of drug-likeness (QED) is 0.471. The number of nitrogens with one attached hydrogen (secondary N) is 1. The van der Waals surface area contributed by atoms with Crippen molar-refractivity contribution < 1.29 is 28.7 Å². The summed E-state index contributed by atoms with van der Waals surface area (Å²) >= 11 is 0. The zero-order valence-electron chi connectivity index (χ0n) is 20.3. The van der Waals surface area contributed by atoms with E-state index >= 15 is 0 Å². The van der Waals surface area contributed by atoms with Crippen LogP contribution in [-0.4, -0.2) is 65.1 Å². The van der Waals surface area contributed by atoms with E-state index in [9.17, 15) is 24.0 Å². The molecule has 0 saturated carbocycles. The van der Waals surface area contributed by atoms with Crippen LogP contribution >= 0.6 is 0 Å². The summed E-state index contributed by atoms with van der Waals surface area (Å²) in [6.07, 6.45) is 1.00. The number of fused-ring (bicyclic) bond motifs is 1. The molecule has 1 N–H and O–H groups in total. The summed E-state index contributed by atoms with van der Waals surface area (Å²) < 4.78 is 5.29. The first-order chi connectivity index (χ1) is 17.3. The Kier molecular flexibility index (Phi) is 7.47. The Hall–Kier alpha value is -4.01. The molecule has 2 aromatic carbocycles. The Morgan fingerprint density at radius 1 is 0.917 bits per heavy atom. The van der Waals surface area contributed by atoms with Gasteiger partial charge in [-0.2, -0.15) is 0 Å². The molecule has 0 aliphatic carbocycles. The van der Waals surface area contributed by atoms with Gasteiger partial charge in [0, 0.05) is 24.7 Å². The van der Waals surface area contributed by atoms with E-state index in [0.29, 0.717) is 25.9 Å². The minimum absolute atomic E-state index is 0.0829. The van der Waals surface area contributed by atoms with Gasteiger partial charge in [-0.15, -0.1) is 0 Å². The number of ether oxygens (including phenoxy) is 1. The maximum absolute atomic E-state index is 12.9. The second-order valence-electron chi connectivity index (χ2n) is 9.33. The van der Waals surface area contributed by atoms with Crippen molar-refractivity contribution >= 4 is 35.3 Å². The molecule has 4 amide bonds. The molecule has 0 spiro atoms. The molecule has 36 heavy (non-hydrogen) atoms. The van der Waals surface area contributed by atoms with E-state index in [1.807, 2.05) is 30.3 Å². The molecule has 0 bridgehead atoms. The number of carbonyl (C=O) groups excluding carboxylic acids is 5. The van der Waals surface area contributed by atoms with Crippen molar-refractivity contribution in [3.63, 3.8) is 0 Å². The molecule has 2 aliphatic heterocycles. The van der Waals surface area contributed by atoms with Gasteiger partial charge in [-0.1, -0.05) is 44.2 Å². The highest BCUT2D eigenvalue weighted by Gasteiger charge is 2.44. The Balaban J connectivity index is 1.30. The van der Waals surface area contributed by atoms with Crippen molar-refractivity contribution in [3.8, 4) is 0 Å². The fraction of sp³-hybridized carbons (Fsp3) is 0.370. The fourth-order valence-electron chi connectivity index (χ4n) is 4.60. The van der Waals surface area contributed by atoms with Gasteiger partial charge in [0.15, 0.2) is 6.61 Å². The molecular weight excluding hydrogens is 462 g/mol. The summed E-state index contributed by atoms with van der Waals surface area (Å²) in [6.45, 7) is 3.67. The molecule has 188 valence electrons. The number of carbonyl (C=O) groups is 5. The molecule has 9 heteroatoms. The van der Waals surface area contributed by atoms with E-state index in [0.717, 1.165) is 10.6 Å². The average Bonchev–Trinajstić information content (AvgIpc) is 3.13. The number of esters is 1. The van der Waals surface area contributed by atoms with Crippen LogP contribution in [0.15, 0.2) is 54.6 Å². The van der Waals surface area contributed by atoms with Gasteiger partial charge < -0.3 is 15.0 Å². The molecule has 2 aliphatic rings. The van der Waals surface area contributed by atoms with Crippen LogP contribution in [0.2, 0.25) is 0 Å². The van der Waals surface area contributed by atoms with Crippen LogP contribution in [0, 0.1) is 11.8 Å². The number of piperidine rings is 1.